The molecule has 8 nitrogen and oxygen atoms in total. The number of esters is 2. The topological polar surface area (TPSA) is 119 Å². The summed E-state index contributed by atoms with van der Waals surface area (Å²) in [5, 5.41) is 0. The minimum Gasteiger partial charge on any atom is -0.746 e. The molecule has 0 heterocycles. The largest absolute Gasteiger partial charge is 1.00 e. The summed E-state index contributed by atoms with van der Waals surface area (Å²) in [5.74, 6) is -1.13. The Morgan fingerprint density at radius 3 is 2.19 bits per heavy atom. The molecule has 0 bridgehead atoms. The van der Waals surface area contributed by atoms with E-state index in [1.54, 1.807) is 6.92 Å². The van der Waals surface area contributed by atoms with Crippen LogP contribution < -0.4 is 29.6 Å². The van der Waals surface area contributed by atoms with Crippen LogP contribution in [0.2, 0.25) is 0 Å². The molecule has 0 N–H and O–H groups in total. The van der Waals surface area contributed by atoms with Gasteiger partial charge in [-0.2, -0.15) is 0 Å². The van der Waals surface area contributed by atoms with Gasteiger partial charge < -0.3 is 18.8 Å². The summed E-state index contributed by atoms with van der Waals surface area (Å²) in [6, 6.07) is 0. The third kappa shape index (κ3) is 16.5. The van der Waals surface area contributed by atoms with Crippen LogP contribution in [0.5, 0.6) is 0 Å². The molecule has 0 aliphatic heterocycles. The van der Waals surface area contributed by atoms with Gasteiger partial charge in [-0.3, -0.25) is 9.59 Å². The summed E-state index contributed by atoms with van der Waals surface area (Å²) in [6.07, 6.45) is 12.5. The van der Waals surface area contributed by atoms with E-state index in [2.05, 4.69) is 20.8 Å². The van der Waals surface area contributed by atoms with E-state index >= 15 is 0 Å². The molecule has 37 heavy (non-hydrogen) atoms. The van der Waals surface area contributed by atoms with Gasteiger partial charge in [-0.05, 0) is 37.0 Å². The minimum absolute atomic E-state index is 0. The Morgan fingerprint density at radius 2 is 1.62 bits per heavy atom. The molecule has 0 aromatic rings. The Morgan fingerprint density at radius 1 is 0.946 bits per heavy atom. The quantitative estimate of drug-likeness (QED) is 0.103. The third-order valence-corrected chi connectivity index (χ3v) is 7.96. The van der Waals surface area contributed by atoms with Crippen molar-refractivity contribution in [1.82, 2.24) is 0 Å². The molecule has 0 spiro atoms. The van der Waals surface area contributed by atoms with Crippen LogP contribution in [-0.4, -0.2) is 50.7 Å². The first kappa shape index (κ1) is 36.8. The van der Waals surface area contributed by atoms with Crippen LogP contribution >= 0.6 is 0 Å². The average molecular weight is 557 g/mol. The smallest absolute Gasteiger partial charge is 0.746 e. The first-order valence-corrected chi connectivity index (χ1v) is 15.5. The number of carbonyl (C=O) groups is 2. The van der Waals surface area contributed by atoms with Crippen LogP contribution in [0.3, 0.4) is 0 Å². The molecular formula is C27H49NaO8S. The number of rotatable bonds is 19. The number of ether oxygens (including phenoxy) is 3. The molecule has 0 amide bonds. The van der Waals surface area contributed by atoms with E-state index in [4.69, 9.17) is 14.2 Å². The van der Waals surface area contributed by atoms with Gasteiger partial charge in [-0.15, -0.1) is 0 Å². The second kappa shape index (κ2) is 20.7. The van der Waals surface area contributed by atoms with Crippen molar-refractivity contribution in [2.75, 3.05) is 25.8 Å². The minimum atomic E-state index is -4.47. The van der Waals surface area contributed by atoms with E-state index in [1.807, 2.05) is 0 Å². The van der Waals surface area contributed by atoms with Crippen LogP contribution in [0, 0.1) is 29.6 Å². The van der Waals surface area contributed by atoms with Crippen molar-refractivity contribution in [3.8, 4) is 0 Å². The van der Waals surface area contributed by atoms with Gasteiger partial charge in [0.15, 0.2) is 0 Å². The summed E-state index contributed by atoms with van der Waals surface area (Å²) in [5.41, 5.74) is 0. The fourth-order valence-corrected chi connectivity index (χ4v) is 5.52. The maximum atomic E-state index is 13.2. The van der Waals surface area contributed by atoms with Crippen LogP contribution in [-0.2, 0) is 33.9 Å². The number of carbonyl (C=O) groups excluding carboxylic acids is 2. The molecule has 10 heteroatoms. The van der Waals surface area contributed by atoms with Gasteiger partial charge in [-0.25, -0.2) is 8.42 Å². The predicted molar refractivity (Wildman–Crippen MR) is 138 cm³/mol. The second-order valence-electron chi connectivity index (χ2n) is 10.4. The van der Waals surface area contributed by atoms with Crippen LogP contribution in [0.15, 0.2) is 0 Å². The number of hydrogen-bond acceptors (Lipinski definition) is 8. The van der Waals surface area contributed by atoms with Gasteiger partial charge in [0, 0.05) is 0 Å². The van der Waals surface area contributed by atoms with E-state index in [0.29, 0.717) is 37.2 Å². The zero-order valence-electron chi connectivity index (χ0n) is 23.9. The van der Waals surface area contributed by atoms with E-state index in [9.17, 15) is 22.6 Å². The maximum absolute atomic E-state index is 13.2. The van der Waals surface area contributed by atoms with Crippen molar-refractivity contribution in [3.05, 3.63) is 0 Å². The van der Waals surface area contributed by atoms with E-state index < -0.39 is 27.9 Å². The van der Waals surface area contributed by atoms with Gasteiger partial charge >= 0.3 is 41.5 Å². The zero-order chi connectivity index (χ0) is 27.0. The molecule has 1 rings (SSSR count). The van der Waals surface area contributed by atoms with Crippen molar-refractivity contribution < 1.29 is 66.3 Å². The normalized spacial score (nSPS) is 17.8. The van der Waals surface area contributed by atoms with Crippen molar-refractivity contribution in [3.63, 3.8) is 0 Å². The number of unbranched alkanes of at least 4 members (excludes halogenated alkanes) is 1. The number of hydrogen-bond donors (Lipinski definition) is 0. The monoisotopic (exact) mass is 556 g/mol. The fraction of sp³-hybridized carbons (Fsp3) is 0.926. The van der Waals surface area contributed by atoms with Crippen LogP contribution in [0.4, 0.5) is 0 Å². The first-order chi connectivity index (χ1) is 17.1. The third-order valence-electron chi connectivity index (χ3n) is 7.51. The summed E-state index contributed by atoms with van der Waals surface area (Å²) in [4.78, 5) is 25.8. The predicted octanol–water partition coefficient (Wildman–Crippen LogP) is 2.45. The Balaban J connectivity index is 0.0000130. The summed E-state index contributed by atoms with van der Waals surface area (Å²) < 4.78 is 47.5. The molecule has 0 saturated heterocycles. The van der Waals surface area contributed by atoms with Gasteiger partial charge in [-0.1, -0.05) is 85.5 Å². The molecule has 0 aromatic carbocycles. The molecule has 0 aromatic heterocycles. The summed E-state index contributed by atoms with van der Waals surface area (Å²) in [6.45, 7) is 8.29. The first-order valence-electron chi connectivity index (χ1n) is 14.0. The standard InChI is InChI=1S/C27H50O8S.Na/c1-5-8-12-22(6-2)19-35-27(29)25(18-23(7-3)24-13-10-9-11-14-24)17-21(4)26(28)34-16-15-33-20-36(30,31)32;/h21-25H,5-20H2,1-4H3,(H,30,31,32);/q;+1/p-1. The molecule has 0 radical (unpaired) electrons. The van der Waals surface area contributed by atoms with Crippen molar-refractivity contribution in [2.24, 2.45) is 29.6 Å². The molecule has 212 valence electrons. The Labute approximate surface area is 247 Å². The van der Waals surface area contributed by atoms with Gasteiger partial charge in [0.25, 0.3) is 0 Å². The Kier molecular flexibility index (Phi) is 20.6. The van der Waals surface area contributed by atoms with E-state index in [0.717, 1.165) is 32.1 Å². The molecule has 1 aliphatic carbocycles. The summed E-state index contributed by atoms with van der Waals surface area (Å²) in [7, 11) is -4.47. The molecule has 1 saturated carbocycles. The van der Waals surface area contributed by atoms with Gasteiger partial charge in [0.1, 0.15) is 22.7 Å². The van der Waals surface area contributed by atoms with Crippen molar-refractivity contribution in [1.29, 1.82) is 0 Å². The average Bonchev–Trinajstić information content (AvgIpc) is 2.85. The maximum Gasteiger partial charge on any atom is 1.00 e. The zero-order valence-corrected chi connectivity index (χ0v) is 26.7. The molecular weight excluding hydrogens is 507 g/mol. The van der Waals surface area contributed by atoms with Crippen molar-refractivity contribution in [2.45, 2.75) is 105 Å². The molecule has 4 unspecified atom stereocenters. The summed E-state index contributed by atoms with van der Waals surface area (Å²) >= 11 is 0. The van der Waals surface area contributed by atoms with Gasteiger partial charge in [0.05, 0.1) is 25.0 Å². The van der Waals surface area contributed by atoms with Crippen LogP contribution in [0.1, 0.15) is 105 Å². The Bertz CT molecular complexity index is 724. The molecule has 1 aliphatic rings. The van der Waals surface area contributed by atoms with E-state index in [-0.39, 0.29) is 54.7 Å². The molecule has 4 atom stereocenters. The second-order valence-corrected chi connectivity index (χ2v) is 11.8. The SMILES string of the molecule is CCCCC(CC)COC(=O)C(CC(C)C(=O)OCCOCS(=O)(=O)[O-])CC(CC)C1CCCCC1.[Na+]. The van der Waals surface area contributed by atoms with Gasteiger partial charge in [0.2, 0.25) is 0 Å². The fourth-order valence-electron chi connectivity index (χ4n) is 5.20. The van der Waals surface area contributed by atoms with E-state index in [1.165, 1.54) is 32.1 Å². The van der Waals surface area contributed by atoms with Crippen LogP contribution in [0.25, 0.3) is 0 Å². The Hall–Kier alpha value is -0.190. The van der Waals surface area contributed by atoms with Crippen molar-refractivity contribution >= 4 is 22.1 Å². The molecule has 1 fully saturated rings.